The van der Waals surface area contributed by atoms with E-state index in [1.54, 1.807) is 0 Å². The monoisotopic (exact) mass is 265 g/mol. The summed E-state index contributed by atoms with van der Waals surface area (Å²) in [6.07, 6.45) is 3.59. The van der Waals surface area contributed by atoms with Crippen LogP contribution in [0.1, 0.15) is 40.0 Å². The summed E-state index contributed by atoms with van der Waals surface area (Å²) in [4.78, 5) is 11.1. The van der Waals surface area contributed by atoms with Crippen molar-refractivity contribution in [2.75, 3.05) is 5.75 Å². The number of thioether (sulfide) groups is 1. The first-order valence-corrected chi connectivity index (χ1v) is 7.50. The Balaban J connectivity index is 1.85. The maximum Gasteiger partial charge on any atom is 0.236 e. The normalized spacial score (nSPS) is 41.9. The molecule has 2 bridgehead atoms. The van der Waals surface area contributed by atoms with Gasteiger partial charge in [-0.2, -0.15) is 5.10 Å². The fourth-order valence-corrected chi connectivity index (χ4v) is 4.19. The summed E-state index contributed by atoms with van der Waals surface area (Å²) in [5, 5.41) is 12.1. The Hall–Kier alpha value is -0.840. The summed E-state index contributed by atoms with van der Waals surface area (Å²) in [7, 11) is 0. The van der Waals surface area contributed by atoms with Crippen molar-refractivity contribution >= 4 is 28.5 Å². The van der Waals surface area contributed by atoms with Crippen molar-refractivity contribution in [3.63, 3.8) is 0 Å². The molecule has 0 aromatic carbocycles. The number of amides is 1. The molecule has 18 heavy (non-hydrogen) atoms. The molecule has 3 rings (SSSR count). The fourth-order valence-electron chi connectivity index (χ4n) is 3.56. The zero-order valence-corrected chi connectivity index (χ0v) is 11.9. The SMILES string of the molecule is CC12CCC(C/C1=N/N=C1\NC(=O)CS1)C2(C)C. The van der Waals surface area contributed by atoms with Crippen LogP contribution in [-0.2, 0) is 4.79 Å². The van der Waals surface area contributed by atoms with Crippen molar-refractivity contribution in [1.82, 2.24) is 5.32 Å². The molecule has 1 aliphatic heterocycles. The van der Waals surface area contributed by atoms with Gasteiger partial charge in [0.05, 0.1) is 5.75 Å². The van der Waals surface area contributed by atoms with Gasteiger partial charge in [0.1, 0.15) is 0 Å². The number of nitrogens with one attached hydrogen (secondary N) is 1. The Morgan fingerprint density at radius 1 is 1.33 bits per heavy atom. The quantitative estimate of drug-likeness (QED) is 0.740. The van der Waals surface area contributed by atoms with Crippen molar-refractivity contribution in [2.24, 2.45) is 27.0 Å². The van der Waals surface area contributed by atoms with Crippen molar-refractivity contribution in [3.05, 3.63) is 0 Å². The lowest BCUT2D eigenvalue weighted by atomic mass is 9.70. The minimum Gasteiger partial charge on any atom is -0.303 e. The van der Waals surface area contributed by atoms with Crippen LogP contribution in [0, 0.1) is 16.7 Å². The van der Waals surface area contributed by atoms with Crippen LogP contribution in [0.5, 0.6) is 0 Å². The van der Waals surface area contributed by atoms with Crippen molar-refractivity contribution in [2.45, 2.75) is 40.0 Å². The van der Waals surface area contributed by atoms with E-state index in [4.69, 9.17) is 0 Å². The van der Waals surface area contributed by atoms with Crippen LogP contribution >= 0.6 is 11.8 Å². The molecule has 0 spiro atoms. The molecule has 98 valence electrons. The Kier molecular flexibility index (Phi) is 2.59. The lowest BCUT2D eigenvalue weighted by Gasteiger charge is -2.34. The third-order valence-corrected chi connectivity index (χ3v) is 6.22. The van der Waals surface area contributed by atoms with E-state index in [-0.39, 0.29) is 11.3 Å². The van der Waals surface area contributed by atoms with Crippen molar-refractivity contribution < 1.29 is 4.79 Å². The van der Waals surface area contributed by atoms with Crippen molar-refractivity contribution in [3.8, 4) is 0 Å². The summed E-state index contributed by atoms with van der Waals surface area (Å²) in [6, 6.07) is 0. The molecule has 1 amide bonds. The van der Waals surface area contributed by atoms with Gasteiger partial charge in [-0.1, -0.05) is 32.5 Å². The molecule has 1 N–H and O–H groups in total. The van der Waals surface area contributed by atoms with E-state index in [1.807, 2.05) is 0 Å². The van der Waals surface area contributed by atoms with Crippen LogP contribution in [0.25, 0.3) is 0 Å². The predicted molar refractivity (Wildman–Crippen MR) is 74.7 cm³/mol. The molecular weight excluding hydrogens is 246 g/mol. The molecule has 2 unspecified atom stereocenters. The van der Waals surface area contributed by atoms with Gasteiger partial charge in [-0.3, -0.25) is 4.79 Å². The minimum absolute atomic E-state index is 0.0263. The third kappa shape index (κ3) is 1.56. The van der Waals surface area contributed by atoms with Crippen molar-refractivity contribution in [1.29, 1.82) is 0 Å². The molecule has 2 aliphatic carbocycles. The van der Waals surface area contributed by atoms with E-state index in [2.05, 4.69) is 36.3 Å². The van der Waals surface area contributed by atoms with Gasteiger partial charge in [0.2, 0.25) is 5.91 Å². The van der Waals surface area contributed by atoms with Crippen LogP contribution in [0.15, 0.2) is 10.2 Å². The zero-order chi connectivity index (χ0) is 13.0. The van der Waals surface area contributed by atoms with Gasteiger partial charge in [0.15, 0.2) is 5.17 Å². The molecule has 1 saturated heterocycles. The molecular formula is C13H19N3OS. The second-order valence-electron chi connectivity index (χ2n) is 6.28. The van der Waals surface area contributed by atoms with Crippen LogP contribution in [-0.4, -0.2) is 22.5 Å². The lowest BCUT2D eigenvalue weighted by molar-refractivity contribution is -0.116. The van der Waals surface area contributed by atoms with Crippen LogP contribution < -0.4 is 5.32 Å². The maximum absolute atomic E-state index is 11.1. The molecule has 3 aliphatic rings. The zero-order valence-electron chi connectivity index (χ0n) is 11.1. The molecule has 2 atom stereocenters. The third-order valence-electron chi connectivity index (χ3n) is 5.36. The smallest absolute Gasteiger partial charge is 0.236 e. The number of amidine groups is 1. The minimum atomic E-state index is 0.0263. The Morgan fingerprint density at radius 2 is 2.11 bits per heavy atom. The van der Waals surface area contributed by atoms with E-state index < -0.39 is 0 Å². The van der Waals surface area contributed by atoms with E-state index in [0.29, 0.717) is 16.3 Å². The Labute approximate surface area is 112 Å². The lowest BCUT2D eigenvalue weighted by Crippen LogP contribution is -2.32. The largest absolute Gasteiger partial charge is 0.303 e. The topological polar surface area (TPSA) is 53.8 Å². The van der Waals surface area contributed by atoms with E-state index in [9.17, 15) is 4.79 Å². The van der Waals surface area contributed by atoms with Gasteiger partial charge in [-0.05, 0) is 30.6 Å². The average Bonchev–Trinajstić information content (AvgIpc) is 2.87. The van der Waals surface area contributed by atoms with E-state index in [1.165, 1.54) is 30.3 Å². The molecule has 4 nitrogen and oxygen atoms in total. The van der Waals surface area contributed by atoms with E-state index in [0.717, 1.165) is 12.3 Å². The number of carbonyl (C=O) groups excluding carboxylic acids is 1. The highest BCUT2D eigenvalue weighted by Crippen LogP contribution is 2.63. The number of rotatable bonds is 1. The van der Waals surface area contributed by atoms with Gasteiger partial charge in [-0.15, -0.1) is 5.10 Å². The summed E-state index contributed by atoms with van der Waals surface area (Å²) in [6.45, 7) is 7.03. The standard InChI is InChI=1S/C13H19N3OS/c1-12(2)8-4-5-13(12,3)9(6-8)15-16-11-14-10(17)7-18-11/h8H,4-7H2,1-3H3,(H,14,16,17)/b15-9-. The number of hydrogen-bond acceptors (Lipinski definition) is 4. The summed E-state index contributed by atoms with van der Waals surface area (Å²) < 4.78 is 0. The van der Waals surface area contributed by atoms with Gasteiger partial charge < -0.3 is 5.32 Å². The maximum atomic E-state index is 11.1. The first-order chi connectivity index (χ1) is 8.43. The van der Waals surface area contributed by atoms with Crippen LogP contribution in [0.2, 0.25) is 0 Å². The van der Waals surface area contributed by atoms with Crippen LogP contribution in [0.3, 0.4) is 0 Å². The summed E-state index contributed by atoms with van der Waals surface area (Å²) in [5.74, 6) is 1.24. The fraction of sp³-hybridized carbons (Fsp3) is 0.769. The molecule has 3 fully saturated rings. The number of carbonyl (C=O) groups is 1. The van der Waals surface area contributed by atoms with Gasteiger partial charge in [0.25, 0.3) is 0 Å². The summed E-state index contributed by atoms with van der Waals surface area (Å²) >= 11 is 1.43. The van der Waals surface area contributed by atoms with Crippen LogP contribution in [0.4, 0.5) is 0 Å². The highest BCUT2D eigenvalue weighted by molar-refractivity contribution is 8.15. The molecule has 5 heteroatoms. The van der Waals surface area contributed by atoms with Gasteiger partial charge in [-0.25, -0.2) is 0 Å². The Morgan fingerprint density at radius 3 is 2.61 bits per heavy atom. The molecule has 0 radical (unpaired) electrons. The molecule has 2 saturated carbocycles. The number of nitrogens with zero attached hydrogens (tertiary/aromatic N) is 2. The van der Waals surface area contributed by atoms with Gasteiger partial charge in [0, 0.05) is 11.1 Å². The predicted octanol–water partition coefficient (Wildman–Crippen LogP) is 2.41. The average molecular weight is 265 g/mol. The molecule has 0 aromatic rings. The van der Waals surface area contributed by atoms with Gasteiger partial charge >= 0.3 is 0 Å². The Bertz CT molecular complexity index is 469. The highest BCUT2D eigenvalue weighted by atomic mass is 32.2. The number of hydrogen-bond donors (Lipinski definition) is 1. The second-order valence-corrected chi connectivity index (χ2v) is 7.25. The highest BCUT2D eigenvalue weighted by Gasteiger charge is 2.60. The van der Waals surface area contributed by atoms with E-state index >= 15 is 0 Å². The number of fused-ring (bicyclic) bond motifs is 2. The second kappa shape index (κ2) is 3.83. The molecule has 1 heterocycles. The molecule has 0 aromatic heterocycles. The first kappa shape index (κ1) is 12.2. The first-order valence-electron chi connectivity index (χ1n) is 6.51. The summed E-state index contributed by atoms with van der Waals surface area (Å²) in [5.41, 5.74) is 1.74.